The molecule has 2 aromatic carbocycles. The number of nitriles is 1. The van der Waals surface area contributed by atoms with Gasteiger partial charge in [-0.2, -0.15) is 5.26 Å². The van der Waals surface area contributed by atoms with Crippen LogP contribution in [0.25, 0.3) is 22.3 Å². The Morgan fingerprint density at radius 2 is 1.89 bits per heavy atom. The van der Waals surface area contributed by atoms with E-state index in [1.54, 1.807) is 6.33 Å². The Morgan fingerprint density at radius 1 is 1.11 bits per heavy atom. The van der Waals surface area contributed by atoms with Gasteiger partial charge in [-0.05, 0) is 48.4 Å². The first-order valence-corrected chi connectivity index (χ1v) is 9.00. The van der Waals surface area contributed by atoms with Crippen molar-refractivity contribution < 1.29 is 4.74 Å². The average Bonchev–Trinajstić information content (AvgIpc) is 3.18. The van der Waals surface area contributed by atoms with Crippen LogP contribution in [0.1, 0.15) is 18.5 Å². The van der Waals surface area contributed by atoms with Crippen LogP contribution in [0.15, 0.2) is 67.0 Å². The highest BCUT2D eigenvalue weighted by molar-refractivity contribution is 5.91. The molecule has 28 heavy (non-hydrogen) atoms. The second-order valence-corrected chi connectivity index (χ2v) is 6.42. The van der Waals surface area contributed by atoms with Gasteiger partial charge >= 0.3 is 0 Å². The van der Waals surface area contributed by atoms with Gasteiger partial charge in [-0.15, -0.1) is 0 Å². The lowest BCUT2D eigenvalue weighted by atomic mass is 10.1. The summed E-state index contributed by atoms with van der Waals surface area (Å²) in [4.78, 5) is 12.1. The topological polar surface area (TPSA) is 86.6 Å². The van der Waals surface area contributed by atoms with E-state index in [9.17, 15) is 0 Å². The lowest BCUT2D eigenvalue weighted by Crippen LogP contribution is -2.08. The van der Waals surface area contributed by atoms with Crippen molar-refractivity contribution in [2.24, 2.45) is 0 Å². The normalized spacial score (nSPS) is 11.7. The van der Waals surface area contributed by atoms with E-state index in [-0.39, 0.29) is 12.6 Å². The van der Waals surface area contributed by atoms with E-state index < -0.39 is 0 Å². The zero-order valence-electron chi connectivity index (χ0n) is 15.4. The number of ether oxygens (including phenoxy) is 1. The summed E-state index contributed by atoms with van der Waals surface area (Å²) in [5.74, 6) is 1.46. The number of aromatic amines is 1. The molecule has 2 N–H and O–H groups in total. The third kappa shape index (κ3) is 3.64. The molecule has 0 radical (unpaired) electrons. The maximum Gasteiger partial charge on any atom is 0.174 e. The Balaban J connectivity index is 1.61. The fourth-order valence-electron chi connectivity index (χ4n) is 3.09. The van der Waals surface area contributed by atoms with E-state index in [1.807, 2.05) is 54.6 Å². The van der Waals surface area contributed by atoms with Gasteiger partial charge in [0.05, 0.1) is 5.39 Å². The Labute approximate surface area is 162 Å². The number of nitrogens with one attached hydrogen (secondary N) is 2. The van der Waals surface area contributed by atoms with Crippen molar-refractivity contribution in [2.75, 3.05) is 11.9 Å². The predicted molar refractivity (Wildman–Crippen MR) is 109 cm³/mol. The number of fused-ring (bicyclic) bond motifs is 1. The molecule has 0 fully saturated rings. The number of H-pyrrole nitrogens is 1. The highest BCUT2D eigenvalue weighted by Crippen LogP contribution is 2.29. The van der Waals surface area contributed by atoms with Crippen LogP contribution in [0.5, 0.6) is 5.75 Å². The fourth-order valence-corrected chi connectivity index (χ4v) is 3.09. The highest BCUT2D eigenvalue weighted by Gasteiger charge is 2.12. The van der Waals surface area contributed by atoms with Crippen molar-refractivity contribution >= 4 is 16.9 Å². The molecule has 4 rings (SSSR count). The van der Waals surface area contributed by atoms with Crippen molar-refractivity contribution in [3.05, 3.63) is 72.6 Å². The van der Waals surface area contributed by atoms with E-state index in [0.29, 0.717) is 5.75 Å². The molecule has 0 bridgehead atoms. The van der Waals surface area contributed by atoms with E-state index in [4.69, 9.17) is 10.00 Å². The van der Waals surface area contributed by atoms with Crippen LogP contribution in [0.2, 0.25) is 0 Å². The summed E-state index contributed by atoms with van der Waals surface area (Å²) >= 11 is 0. The Kier molecular flexibility index (Phi) is 4.89. The van der Waals surface area contributed by atoms with Crippen molar-refractivity contribution in [2.45, 2.75) is 13.0 Å². The first-order chi connectivity index (χ1) is 13.7. The molecule has 6 nitrogen and oxygen atoms in total. The number of aromatic nitrogens is 3. The van der Waals surface area contributed by atoms with Gasteiger partial charge in [0.2, 0.25) is 0 Å². The zero-order chi connectivity index (χ0) is 19.3. The third-order valence-corrected chi connectivity index (χ3v) is 4.55. The van der Waals surface area contributed by atoms with Crippen molar-refractivity contribution in [3.8, 4) is 23.1 Å². The first-order valence-electron chi connectivity index (χ1n) is 9.00. The van der Waals surface area contributed by atoms with Crippen LogP contribution >= 0.6 is 0 Å². The van der Waals surface area contributed by atoms with E-state index >= 15 is 0 Å². The monoisotopic (exact) mass is 369 g/mol. The van der Waals surface area contributed by atoms with E-state index in [1.165, 1.54) is 5.56 Å². The minimum atomic E-state index is 0.0377. The van der Waals surface area contributed by atoms with Crippen LogP contribution in [0.3, 0.4) is 0 Å². The number of anilines is 1. The molecule has 0 aliphatic heterocycles. The first kappa shape index (κ1) is 17.6. The maximum atomic E-state index is 8.60. The summed E-state index contributed by atoms with van der Waals surface area (Å²) in [6.45, 7) is 2.15. The largest absolute Gasteiger partial charge is 0.479 e. The summed E-state index contributed by atoms with van der Waals surface area (Å²) in [5, 5.41) is 13.0. The minimum Gasteiger partial charge on any atom is -0.479 e. The minimum absolute atomic E-state index is 0.0377. The molecule has 2 aromatic heterocycles. The second kappa shape index (κ2) is 7.80. The molecular formula is C22H19N5O. The SMILES string of the molecule is C[C@@H](Nc1ncnc2[nH]c(-c3ccc(OCC#N)cc3)cc12)c1ccccc1. The van der Waals surface area contributed by atoms with Gasteiger partial charge in [-0.1, -0.05) is 30.3 Å². The predicted octanol–water partition coefficient (Wildman–Crippen LogP) is 4.70. The second-order valence-electron chi connectivity index (χ2n) is 6.42. The molecule has 0 unspecified atom stereocenters. The van der Waals surface area contributed by atoms with Gasteiger partial charge in [0.1, 0.15) is 29.6 Å². The highest BCUT2D eigenvalue weighted by atomic mass is 16.5. The maximum absolute atomic E-state index is 8.60. The summed E-state index contributed by atoms with van der Waals surface area (Å²) in [6, 6.07) is 22.0. The molecule has 6 heteroatoms. The van der Waals surface area contributed by atoms with Gasteiger partial charge in [0.15, 0.2) is 6.61 Å². The van der Waals surface area contributed by atoms with Gasteiger partial charge in [0.25, 0.3) is 0 Å². The molecule has 2 heterocycles. The number of hydrogen-bond acceptors (Lipinski definition) is 5. The summed E-state index contributed by atoms with van der Waals surface area (Å²) in [6.07, 6.45) is 1.56. The smallest absolute Gasteiger partial charge is 0.174 e. The summed E-state index contributed by atoms with van der Waals surface area (Å²) < 4.78 is 5.31. The Bertz CT molecular complexity index is 1110. The summed E-state index contributed by atoms with van der Waals surface area (Å²) in [7, 11) is 0. The average molecular weight is 369 g/mol. The van der Waals surface area contributed by atoms with Gasteiger partial charge in [-0.25, -0.2) is 9.97 Å². The lowest BCUT2D eigenvalue weighted by Gasteiger charge is -2.15. The van der Waals surface area contributed by atoms with Crippen molar-refractivity contribution in [1.82, 2.24) is 15.0 Å². The molecular weight excluding hydrogens is 350 g/mol. The van der Waals surface area contributed by atoms with E-state index in [0.717, 1.165) is 28.1 Å². The number of rotatable bonds is 6. The van der Waals surface area contributed by atoms with Gasteiger partial charge in [0, 0.05) is 11.7 Å². The third-order valence-electron chi connectivity index (χ3n) is 4.55. The Morgan fingerprint density at radius 3 is 2.64 bits per heavy atom. The molecule has 0 aliphatic carbocycles. The van der Waals surface area contributed by atoms with Crippen LogP contribution in [-0.4, -0.2) is 21.6 Å². The number of benzene rings is 2. The van der Waals surface area contributed by atoms with Crippen LogP contribution < -0.4 is 10.1 Å². The molecule has 1 atom stereocenters. The van der Waals surface area contributed by atoms with Crippen LogP contribution in [0.4, 0.5) is 5.82 Å². The molecule has 0 aliphatic rings. The van der Waals surface area contributed by atoms with Crippen molar-refractivity contribution in [1.29, 1.82) is 5.26 Å². The molecule has 0 amide bonds. The van der Waals surface area contributed by atoms with Crippen molar-refractivity contribution in [3.63, 3.8) is 0 Å². The zero-order valence-corrected chi connectivity index (χ0v) is 15.4. The number of nitrogens with zero attached hydrogens (tertiary/aromatic N) is 3. The van der Waals surface area contributed by atoms with Gasteiger partial charge in [-0.3, -0.25) is 0 Å². The molecule has 4 aromatic rings. The quantitative estimate of drug-likeness (QED) is 0.514. The standard InChI is InChI=1S/C22H19N5O/c1-15(16-5-3-2-4-6-16)26-21-19-13-20(27-22(19)25-14-24-21)17-7-9-18(10-8-17)28-12-11-23/h2-10,13-15H,12H2,1H3,(H2,24,25,26,27)/t15-/m1/s1. The molecule has 0 saturated carbocycles. The van der Waals surface area contributed by atoms with Crippen LogP contribution in [-0.2, 0) is 0 Å². The lowest BCUT2D eigenvalue weighted by molar-refractivity contribution is 0.368. The molecule has 0 spiro atoms. The summed E-state index contributed by atoms with van der Waals surface area (Å²) in [5.41, 5.74) is 3.91. The van der Waals surface area contributed by atoms with E-state index in [2.05, 4.69) is 39.3 Å². The Hall–Kier alpha value is -3.85. The fraction of sp³-hybridized carbons (Fsp3) is 0.136. The molecule has 0 saturated heterocycles. The number of hydrogen-bond donors (Lipinski definition) is 2. The van der Waals surface area contributed by atoms with Gasteiger partial charge < -0.3 is 15.0 Å². The molecule has 138 valence electrons. The van der Waals surface area contributed by atoms with Crippen LogP contribution in [0, 0.1) is 11.3 Å².